The Hall–Kier alpha value is -1.92. The van der Waals surface area contributed by atoms with Gasteiger partial charge in [0.25, 0.3) is 0 Å². The summed E-state index contributed by atoms with van der Waals surface area (Å²) < 4.78 is 1.25. The van der Waals surface area contributed by atoms with Gasteiger partial charge in [0, 0.05) is 5.92 Å². The number of aromatic nitrogens is 3. The third-order valence-electron chi connectivity index (χ3n) is 3.89. The third-order valence-corrected chi connectivity index (χ3v) is 3.89. The first-order chi connectivity index (χ1) is 9.63. The number of carboxylic acids is 1. The van der Waals surface area contributed by atoms with E-state index in [2.05, 4.69) is 15.6 Å². The number of rotatable bonds is 7. The summed E-state index contributed by atoms with van der Waals surface area (Å²) in [6.45, 7) is 0.0993. The molecule has 0 spiro atoms. The Balaban J connectivity index is 1.51. The normalized spacial score (nSPS) is 18.2. The van der Waals surface area contributed by atoms with E-state index in [1.807, 2.05) is 0 Å². The van der Waals surface area contributed by atoms with Crippen molar-refractivity contribution < 1.29 is 14.7 Å². The van der Waals surface area contributed by atoms with E-state index in [-0.39, 0.29) is 18.4 Å². The average molecular weight is 278 g/mol. The predicted molar refractivity (Wildman–Crippen MR) is 68.4 cm³/mol. The van der Waals surface area contributed by atoms with E-state index in [4.69, 9.17) is 5.11 Å². The Morgan fingerprint density at radius 2 is 2.00 bits per heavy atom. The lowest BCUT2D eigenvalue weighted by atomic mass is 9.97. The van der Waals surface area contributed by atoms with Crippen LogP contribution in [-0.2, 0) is 22.7 Å². The van der Waals surface area contributed by atoms with Gasteiger partial charge in [0.15, 0.2) is 0 Å². The molecule has 0 radical (unpaired) electrons. The number of carbonyl (C=O) groups excluding carboxylic acids is 1. The summed E-state index contributed by atoms with van der Waals surface area (Å²) >= 11 is 0. The Morgan fingerprint density at radius 3 is 2.55 bits per heavy atom. The Bertz CT molecular complexity index is 507. The maximum Gasteiger partial charge on any atom is 0.325 e. The van der Waals surface area contributed by atoms with Crippen LogP contribution in [0.2, 0.25) is 0 Å². The number of amides is 1. The van der Waals surface area contributed by atoms with Gasteiger partial charge in [-0.1, -0.05) is 5.21 Å². The van der Waals surface area contributed by atoms with Gasteiger partial charge >= 0.3 is 5.97 Å². The minimum absolute atomic E-state index is 0.114. The first-order valence-electron chi connectivity index (χ1n) is 7.02. The summed E-state index contributed by atoms with van der Waals surface area (Å²) in [5.74, 6) is 0.468. The van der Waals surface area contributed by atoms with E-state index in [0.717, 1.165) is 0 Å². The van der Waals surface area contributed by atoms with Crippen LogP contribution in [0.15, 0.2) is 6.20 Å². The van der Waals surface area contributed by atoms with Crippen molar-refractivity contribution in [1.29, 1.82) is 0 Å². The number of nitrogens with one attached hydrogen (secondary N) is 1. The zero-order valence-electron chi connectivity index (χ0n) is 11.2. The Morgan fingerprint density at radius 1 is 1.35 bits per heavy atom. The van der Waals surface area contributed by atoms with Crippen LogP contribution in [-0.4, -0.2) is 32.0 Å². The fourth-order valence-electron chi connectivity index (χ4n) is 2.65. The smallest absolute Gasteiger partial charge is 0.325 e. The van der Waals surface area contributed by atoms with Gasteiger partial charge < -0.3 is 10.4 Å². The van der Waals surface area contributed by atoms with E-state index in [9.17, 15) is 9.59 Å². The van der Waals surface area contributed by atoms with Gasteiger partial charge in [0.05, 0.1) is 12.7 Å². The number of hydrogen-bond acceptors (Lipinski definition) is 4. The van der Waals surface area contributed by atoms with E-state index in [1.54, 1.807) is 6.20 Å². The fraction of sp³-hybridized carbons (Fsp3) is 0.692. The van der Waals surface area contributed by atoms with Gasteiger partial charge in [-0.2, -0.15) is 0 Å². The Kier molecular flexibility index (Phi) is 3.42. The molecule has 1 aromatic rings. The monoisotopic (exact) mass is 278 g/mol. The summed E-state index contributed by atoms with van der Waals surface area (Å²) in [6.07, 6.45) is 6.23. The molecule has 1 heterocycles. The molecule has 2 aliphatic carbocycles. The van der Waals surface area contributed by atoms with Gasteiger partial charge in [0.2, 0.25) is 5.91 Å². The standard InChI is InChI=1S/C13H18N4O3/c18-11(19)7-17-6-10(15-16-17)5-14-13(20)12(8-1-2-8)9-3-4-9/h6,8-9,12H,1-5,7H2,(H,14,20)(H,18,19). The molecule has 20 heavy (non-hydrogen) atoms. The number of hydrogen-bond donors (Lipinski definition) is 2. The summed E-state index contributed by atoms with van der Waals surface area (Å²) in [4.78, 5) is 22.7. The third kappa shape index (κ3) is 3.15. The van der Waals surface area contributed by atoms with Gasteiger partial charge in [-0.05, 0) is 37.5 Å². The summed E-state index contributed by atoms with van der Waals surface area (Å²) in [7, 11) is 0. The molecular formula is C13H18N4O3. The molecule has 1 amide bonds. The second-order valence-corrected chi connectivity index (χ2v) is 5.72. The van der Waals surface area contributed by atoms with Crippen LogP contribution in [0.4, 0.5) is 0 Å². The molecule has 0 aliphatic heterocycles. The molecule has 2 N–H and O–H groups in total. The lowest BCUT2D eigenvalue weighted by molar-refractivity contribution is -0.138. The number of carbonyl (C=O) groups is 2. The lowest BCUT2D eigenvalue weighted by Crippen LogP contribution is -2.32. The van der Waals surface area contributed by atoms with E-state index in [1.165, 1.54) is 30.4 Å². The first kappa shape index (κ1) is 13.1. The maximum absolute atomic E-state index is 12.2. The van der Waals surface area contributed by atoms with Crippen molar-refractivity contribution in [2.45, 2.75) is 38.8 Å². The van der Waals surface area contributed by atoms with Crippen molar-refractivity contribution >= 4 is 11.9 Å². The fourth-order valence-corrected chi connectivity index (χ4v) is 2.65. The van der Waals surface area contributed by atoms with Crippen LogP contribution < -0.4 is 5.32 Å². The van der Waals surface area contributed by atoms with Crippen molar-refractivity contribution in [2.24, 2.45) is 17.8 Å². The number of aliphatic carboxylic acids is 1. The minimum Gasteiger partial charge on any atom is -0.480 e. The lowest BCUT2D eigenvalue weighted by Gasteiger charge is -2.14. The van der Waals surface area contributed by atoms with Gasteiger partial charge in [-0.15, -0.1) is 5.10 Å². The zero-order valence-corrected chi connectivity index (χ0v) is 11.2. The number of carboxylic acid groups (broad SMARTS) is 1. The molecule has 2 aliphatic rings. The summed E-state index contributed by atoms with van der Waals surface area (Å²) in [5, 5.41) is 19.1. The van der Waals surface area contributed by atoms with Gasteiger partial charge in [-0.25, -0.2) is 4.68 Å². The molecule has 7 heteroatoms. The van der Waals surface area contributed by atoms with E-state index >= 15 is 0 Å². The second-order valence-electron chi connectivity index (χ2n) is 5.72. The van der Waals surface area contributed by atoms with E-state index < -0.39 is 5.97 Å². The molecular weight excluding hydrogens is 260 g/mol. The molecule has 1 aromatic heterocycles. The largest absolute Gasteiger partial charge is 0.480 e. The molecule has 0 bridgehead atoms. The zero-order chi connectivity index (χ0) is 14.1. The first-order valence-corrected chi connectivity index (χ1v) is 7.02. The second kappa shape index (κ2) is 5.22. The van der Waals surface area contributed by atoms with Gasteiger partial charge in [0.1, 0.15) is 12.2 Å². The topological polar surface area (TPSA) is 97.1 Å². The van der Waals surface area contributed by atoms with Crippen LogP contribution in [0.1, 0.15) is 31.4 Å². The van der Waals surface area contributed by atoms with Crippen LogP contribution in [0, 0.1) is 17.8 Å². The van der Waals surface area contributed by atoms with Crippen molar-refractivity contribution in [2.75, 3.05) is 0 Å². The van der Waals surface area contributed by atoms with Crippen molar-refractivity contribution in [1.82, 2.24) is 20.3 Å². The van der Waals surface area contributed by atoms with Crippen molar-refractivity contribution in [3.05, 3.63) is 11.9 Å². The number of nitrogens with zero attached hydrogens (tertiary/aromatic N) is 3. The summed E-state index contributed by atoms with van der Waals surface area (Å²) in [6, 6.07) is 0. The maximum atomic E-state index is 12.2. The van der Waals surface area contributed by atoms with Crippen LogP contribution in [0.5, 0.6) is 0 Å². The SMILES string of the molecule is O=C(O)Cn1cc(CNC(=O)C(C2CC2)C2CC2)nn1. The van der Waals surface area contributed by atoms with Gasteiger partial charge in [-0.3, -0.25) is 9.59 Å². The molecule has 0 aromatic carbocycles. The molecule has 2 fully saturated rings. The minimum atomic E-state index is -0.965. The molecule has 0 atom stereocenters. The van der Waals surface area contributed by atoms with Crippen LogP contribution in [0.3, 0.4) is 0 Å². The van der Waals surface area contributed by atoms with Crippen molar-refractivity contribution in [3.63, 3.8) is 0 Å². The molecule has 0 unspecified atom stereocenters. The molecule has 108 valence electrons. The van der Waals surface area contributed by atoms with Crippen LogP contribution >= 0.6 is 0 Å². The van der Waals surface area contributed by atoms with E-state index in [0.29, 0.717) is 24.1 Å². The van der Waals surface area contributed by atoms with Crippen LogP contribution in [0.25, 0.3) is 0 Å². The highest BCUT2D eigenvalue weighted by molar-refractivity contribution is 5.79. The highest BCUT2D eigenvalue weighted by atomic mass is 16.4. The average Bonchev–Trinajstić information content (AvgIpc) is 3.30. The highest BCUT2D eigenvalue weighted by Crippen LogP contribution is 2.49. The molecule has 0 saturated heterocycles. The highest BCUT2D eigenvalue weighted by Gasteiger charge is 2.45. The molecule has 7 nitrogen and oxygen atoms in total. The predicted octanol–water partition coefficient (Wildman–Crippen LogP) is 0.415. The molecule has 2 saturated carbocycles. The Labute approximate surface area is 116 Å². The van der Waals surface area contributed by atoms with Crippen molar-refractivity contribution in [3.8, 4) is 0 Å². The molecule has 3 rings (SSSR count). The summed E-state index contributed by atoms with van der Waals surface area (Å²) in [5.41, 5.74) is 0.588. The quantitative estimate of drug-likeness (QED) is 0.753.